The summed E-state index contributed by atoms with van der Waals surface area (Å²) in [4.78, 5) is 22.4. The summed E-state index contributed by atoms with van der Waals surface area (Å²) in [5.74, 6) is -1.49. The van der Waals surface area contributed by atoms with Crippen LogP contribution in [0.3, 0.4) is 0 Å². The number of rotatable bonds is 6. The van der Waals surface area contributed by atoms with Crippen molar-refractivity contribution in [2.45, 2.75) is 12.8 Å². The van der Waals surface area contributed by atoms with Gasteiger partial charge in [0.05, 0.1) is 0 Å². The maximum absolute atomic E-state index is 11.2. The van der Waals surface area contributed by atoms with Crippen LogP contribution < -0.4 is 0 Å². The Morgan fingerprint density at radius 3 is 1.53 bits per heavy atom. The molecule has 3 heteroatoms. The highest BCUT2D eigenvalue weighted by Crippen LogP contribution is 2.06. The normalized spacial score (nSPS) is 8.80. The fourth-order valence-electron chi connectivity index (χ4n) is 0.744. The van der Waals surface area contributed by atoms with Crippen LogP contribution in [0.2, 0.25) is 0 Å². The minimum atomic E-state index is -0.745. The summed E-state index contributed by atoms with van der Waals surface area (Å²) in [6, 6.07) is 0. The van der Waals surface area contributed by atoms with Gasteiger partial charge in [0.2, 0.25) is 0 Å². The first-order valence-corrected chi connectivity index (χ1v) is 4.36. The lowest BCUT2D eigenvalue weighted by Gasteiger charge is -2.04. The lowest BCUT2D eigenvalue weighted by atomic mass is 10.2. The molecule has 0 aromatic rings. The van der Waals surface area contributed by atoms with Crippen LogP contribution in [0.25, 0.3) is 0 Å². The minimum Gasteiger partial charge on any atom is -0.386 e. The van der Waals surface area contributed by atoms with E-state index in [9.17, 15) is 9.59 Å². The van der Waals surface area contributed by atoms with Crippen LogP contribution in [-0.2, 0) is 14.3 Å². The summed E-state index contributed by atoms with van der Waals surface area (Å²) in [5, 5.41) is 0. The van der Waals surface area contributed by atoms with Crippen LogP contribution in [0, 0.1) is 0 Å². The molecule has 0 aliphatic heterocycles. The standard InChI is InChI=1S/C12H14O3/c1-5-7-9(3)11(13)15-12(14)10(4)8-6-2/h5-6H,1-4,7-8H2. The van der Waals surface area contributed by atoms with Gasteiger partial charge >= 0.3 is 11.9 Å². The van der Waals surface area contributed by atoms with Gasteiger partial charge in [0.25, 0.3) is 0 Å². The fraction of sp³-hybridized carbons (Fsp3) is 0.167. The van der Waals surface area contributed by atoms with Crippen LogP contribution in [0.5, 0.6) is 0 Å². The Kier molecular flexibility index (Phi) is 5.71. The maximum atomic E-state index is 11.2. The Morgan fingerprint density at radius 1 is 0.933 bits per heavy atom. The van der Waals surface area contributed by atoms with Crippen molar-refractivity contribution in [1.29, 1.82) is 0 Å². The van der Waals surface area contributed by atoms with Crippen LogP contribution in [0.4, 0.5) is 0 Å². The number of allylic oxidation sites excluding steroid dienone is 2. The lowest BCUT2D eigenvalue weighted by molar-refractivity contribution is -0.154. The first-order chi connectivity index (χ1) is 7.02. The number of esters is 2. The number of ether oxygens (including phenoxy) is 1. The van der Waals surface area contributed by atoms with Gasteiger partial charge in [-0.1, -0.05) is 25.3 Å². The van der Waals surface area contributed by atoms with Gasteiger partial charge in [-0.25, -0.2) is 9.59 Å². The molecule has 0 aliphatic carbocycles. The molecule has 0 aliphatic rings. The summed E-state index contributed by atoms with van der Waals surface area (Å²) in [6.45, 7) is 13.8. The van der Waals surface area contributed by atoms with Crippen LogP contribution in [-0.4, -0.2) is 11.9 Å². The van der Waals surface area contributed by atoms with Crippen molar-refractivity contribution in [2.24, 2.45) is 0 Å². The molecule has 0 spiro atoms. The predicted molar refractivity (Wildman–Crippen MR) is 59.0 cm³/mol. The largest absolute Gasteiger partial charge is 0.386 e. The van der Waals surface area contributed by atoms with Crippen LogP contribution in [0.15, 0.2) is 49.6 Å². The van der Waals surface area contributed by atoms with Gasteiger partial charge in [-0.3, -0.25) is 0 Å². The second-order valence-corrected chi connectivity index (χ2v) is 2.87. The Bertz CT molecular complexity index is 292. The Hall–Kier alpha value is -1.90. The summed E-state index contributed by atoms with van der Waals surface area (Å²) in [5.41, 5.74) is 0.370. The number of carbonyl (C=O) groups is 2. The smallest absolute Gasteiger partial charge is 0.341 e. The minimum absolute atomic E-state index is 0.185. The van der Waals surface area contributed by atoms with Crippen molar-refractivity contribution in [3.8, 4) is 0 Å². The molecule has 80 valence electrons. The first-order valence-electron chi connectivity index (χ1n) is 4.36. The van der Waals surface area contributed by atoms with Gasteiger partial charge in [0, 0.05) is 11.1 Å². The highest BCUT2D eigenvalue weighted by atomic mass is 16.6. The van der Waals surface area contributed by atoms with E-state index in [1.165, 1.54) is 12.2 Å². The molecule has 0 saturated heterocycles. The number of carbonyl (C=O) groups excluding carboxylic acids is 2. The zero-order valence-corrected chi connectivity index (χ0v) is 8.62. The van der Waals surface area contributed by atoms with E-state index < -0.39 is 11.9 Å². The van der Waals surface area contributed by atoms with Crippen molar-refractivity contribution >= 4 is 11.9 Å². The highest BCUT2D eigenvalue weighted by molar-refractivity contribution is 6.01. The molecule has 0 saturated carbocycles. The van der Waals surface area contributed by atoms with Crippen LogP contribution >= 0.6 is 0 Å². The highest BCUT2D eigenvalue weighted by Gasteiger charge is 2.14. The third kappa shape index (κ3) is 4.76. The fourth-order valence-corrected chi connectivity index (χ4v) is 0.744. The molecule has 0 aromatic carbocycles. The van der Waals surface area contributed by atoms with Crippen molar-refractivity contribution in [3.63, 3.8) is 0 Å². The molecule has 0 radical (unpaired) electrons. The molecule has 0 atom stereocenters. The van der Waals surface area contributed by atoms with Crippen molar-refractivity contribution in [1.82, 2.24) is 0 Å². The second kappa shape index (κ2) is 6.54. The van der Waals surface area contributed by atoms with Crippen molar-refractivity contribution < 1.29 is 14.3 Å². The molecular formula is C12H14O3. The van der Waals surface area contributed by atoms with Gasteiger partial charge in [-0.2, -0.15) is 0 Å². The Morgan fingerprint density at radius 2 is 1.27 bits per heavy atom. The summed E-state index contributed by atoms with van der Waals surface area (Å²) in [6.07, 6.45) is 3.60. The van der Waals surface area contributed by atoms with Crippen molar-refractivity contribution in [3.05, 3.63) is 49.6 Å². The molecule has 15 heavy (non-hydrogen) atoms. The van der Waals surface area contributed by atoms with Gasteiger partial charge < -0.3 is 4.74 Å². The lowest BCUT2D eigenvalue weighted by Crippen LogP contribution is -2.14. The summed E-state index contributed by atoms with van der Waals surface area (Å²) < 4.78 is 4.51. The summed E-state index contributed by atoms with van der Waals surface area (Å²) in [7, 11) is 0. The van der Waals surface area contributed by atoms with Gasteiger partial charge in [-0.15, -0.1) is 13.2 Å². The zero-order chi connectivity index (χ0) is 11.8. The maximum Gasteiger partial charge on any atom is 0.341 e. The molecular weight excluding hydrogens is 192 g/mol. The molecule has 0 heterocycles. The van der Waals surface area contributed by atoms with E-state index >= 15 is 0 Å². The average molecular weight is 206 g/mol. The number of hydrogen-bond acceptors (Lipinski definition) is 3. The average Bonchev–Trinajstić information content (AvgIpc) is 2.18. The number of hydrogen-bond donors (Lipinski definition) is 0. The Balaban J connectivity index is 4.23. The zero-order valence-electron chi connectivity index (χ0n) is 8.62. The molecule has 0 N–H and O–H groups in total. The van der Waals surface area contributed by atoms with E-state index in [4.69, 9.17) is 0 Å². The molecule has 3 nitrogen and oxygen atoms in total. The quantitative estimate of drug-likeness (QED) is 0.290. The molecule has 0 amide bonds. The van der Waals surface area contributed by atoms with E-state index in [2.05, 4.69) is 31.1 Å². The molecule has 0 unspecified atom stereocenters. The molecule has 0 aromatic heterocycles. The predicted octanol–water partition coefficient (Wildman–Crippen LogP) is 2.32. The van der Waals surface area contributed by atoms with E-state index in [0.29, 0.717) is 12.8 Å². The third-order valence-electron chi connectivity index (χ3n) is 1.54. The van der Waals surface area contributed by atoms with Crippen LogP contribution in [0.1, 0.15) is 12.8 Å². The SMILES string of the molecule is C=CCC(=C)C(=O)OC(=O)C(=C)CC=C. The summed E-state index contributed by atoms with van der Waals surface area (Å²) >= 11 is 0. The van der Waals surface area contributed by atoms with E-state index in [1.54, 1.807) is 0 Å². The molecule has 0 bridgehead atoms. The third-order valence-corrected chi connectivity index (χ3v) is 1.54. The monoisotopic (exact) mass is 206 g/mol. The van der Waals surface area contributed by atoms with Crippen molar-refractivity contribution in [2.75, 3.05) is 0 Å². The van der Waals surface area contributed by atoms with E-state index in [-0.39, 0.29) is 11.1 Å². The van der Waals surface area contributed by atoms with E-state index in [0.717, 1.165) is 0 Å². The van der Waals surface area contributed by atoms with Gasteiger partial charge in [-0.05, 0) is 12.8 Å². The van der Waals surface area contributed by atoms with Gasteiger partial charge in [0.15, 0.2) is 0 Å². The second-order valence-electron chi connectivity index (χ2n) is 2.87. The topological polar surface area (TPSA) is 43.4 Å². The molecule has 0 fully saturated rings. The van der Waals surface area contributed by atoms with E-state index in [1.807, 2.05) is 0 Å². The first kappa shape index (κ1) is 13.1. The Labute approximate surface area is 89.4 Å². The van der Waals surface area contributed by atoms with Gasteiger partial charge in [0.1, 0.15) is 0 Å². The molecule has 0 rings (SSSR count).